The number of carbonyl (C=O) groups is 1. The third-order valence-corrected chi connectivity index (χ3v) is 6.28. The minimum Gasteiger partial charge on any atom is -0.370 e. The van der Waals surface area contributed by atoms with Crippen molar-refractivity contribution in [2.75, 3.05) is 26.3 Å². The van der Waals surface area contributed by atoms with Crippen molar-refractivity contribution in [3.63, 3.8) is 0 Å². The van der Waals surface area contributed by atoms with Crippen LogP contribution in [0.5, 0.6) is 0 Å². The van der Waals surface area contributed by atoms with E-state index in [0.717, 1.165) is 29.3 Å². The fourth-order valence-corrected chi connectivity index (χ4v) is 4.27. The predicted octanol–water partition coefficient (Wildman–Crippen LogP) is 4.11. The second-order valence-corrected chi connectivity index (χ2v) is 8.80. The van der Waals surface area contributed by atoms with E-state index >= 15 is 8.78 Å². The lowest BCUT2D eigenvalue weighted by Crippen LogP contribution is -2.44. The largest absolute Gasteiger partial charge is 0.370 e. The number of benzene rings is 1. The normalized spacial score (nSPS) is 20.6. The molecular formula is C26H26F2N4O2. The predicted molar refractivity (Wildman–Crippen MR) is 125 cm³/mol. The van der Waals surface area contributed by atoms with Crippen LogP contribution in [0.1, 0.15) is 18.5 Å². The standard InChI is InChI=1S/C26H26F2N4O2/c1-17-23(28)14-31(9-10-34-16-26(33)32(17)21-6-7-21)15-25-22(27)11-20(13-30-25)19-5-4-18-3-2-8-29-24(18)12-19/h2-5,8,11-13,21,23H,1,6-7,9-10,14-16H2. The molecule has 0 bridgehead atoms. The number of carbonyl (C=O) groups excluding carboxylic acids is 1. The summed E-state index contributed by atoms with van der Waals surface area (Å²) in [5.41, 5.74) is 2.67. The van der Waals surface area contributed by atoms with Gasteiger partial charge in [-0.2, -0.15) is 0 Å². The van der Waals surface area contributed by atoms with E-state index in [0.29, 0.717) is 12.1 Å². The second-order valence-electron chi connectivity index (χ2n) is 8.80. The highest BCUT2D eigenvalue weighted by Gasteiger charge is 2.37. The van der Waals surface area contributed by atoms with Gasteiger partial charge in [-0.1, -0.05) is 24.8 Å². The van der Waals surface area contributed by atoms with Crippen molar-refractivity contribution in [3.8, 4) is 11.1 Å². The molecule has 1 aromatic carbocycles. The molecule has 2 aromatic heterocycles. The molecule has 1 aliphatic heterocycles. The zero-order chi connectivity index (χ0) is 23.7. The van der Waals surface area contributed by atoms with Gasteiger partial charge in [-0.05, 0) is 36.6 Å². The number of pyridine rings is 2. The number of alkyl halides is 1. The van der Waals surface area contributed by atoms with E-state index in [2.05, 4.69) is 16.5 Å². The number of nitrogens with zero attached hydrogens (tertiary/aromatic N) is 4. The van der Waals surface area contributed by atoms with Crippen LogP contribution in [0.3, 0.4) is 0 Å². The van der Waals surface area contributed by atoms with E-state index in [1.807, 2.05) is 30.3 Å². The average molecular weight is 465 g/mol. The second kappa shape index (κ2) is 9.56. The first kappa shape index (κ1) is 22.6. The van der Waals surface area contributed by atoms with Crippen molar-refractivity contribution in [2.45, 2.75) is 31.6 Å². The summed E-state index contributed by atoms with van der Waals surface area (Å²) in [6.07, 6.45) is 3.60. The lowest BCUT2D eigenvalue weighted by Gasteiger charge is -2.31. The summed E-state index contributed by atoms with van der Waals surface area (Å²) >= 11 is 0. The number of fused-ring (bicyclic) bond motifs is 1. The summed E-state index contributed by atoms with van der Waals surface area (Å²) in [7, 11) is 0. The van der Waals surface area contributed by atoms with Gasteiger partial charge >= 0.3 is 0 Å². The highest BCUT2D eigenvalue weighted by molar-refractivity contribution is 5.84. The SMILES string of the molecule is C=C1C(F)CN(Cc2ncc(-c3ccc4cccnc4c3)cc2F)CCOCC(=O)N1C1CC1. The number of hydrogen-bond donors (Lipinski definition) is 0. The Labute approximate surface area is 196 Å². The quantitative estimate of drug-likeness (QED) is 0.582. The van der Waals surface area contributed by atoms with Gasteiger partial charge in [0.05, 0.1) is 17.8 Å². The molecule has 3 aromatic rings. The average Bonchev–Trinajstić information content (AvgIpc) is 3.67. The molecule has 5 rings (SSSR count). The molecule has 1 unspecified atom stereocenters. The molecule has 6 nitrogen and oxygen atoms in total. The van der Waals surface area contributed by atoms with Gasteiger partial charge in [-0.25, -0.2) is 8.78 Å². The lowest BCUT2D eigenvalue weighted by atomic mass is 10.0. The third kappa shape index (κ3) is 4.83. The lowest BCUT2D eigenvalue weighted by molar-refractivity contribution is -0.136. The monoisotopic (exact) mass is 464 g/mol. The molecule has 0 N–H and O–H groups in total. The number of halogens is 2. The van der Waals surface area contributed by atoms with Crippen molar-refractivity contribution < 1.29 is 18.3 Å². The molecule has 34 heavy (non-hydrogen) atoms. The van der Waals surface area contributed by atoms with Gasteiger partial charge in [0, 0.05) is 54.7 Å². The molecule has 1 aliphatic carbocycles. The van der Waals surface area contributed by atoms with E-state index in [9.17, 15) is 4.79 Å². The molecule has 8 heteroatoms. The zero-order valence-corrected chi connectivity index (χ0v) is 18.8. The molecule has 0 radical (unpaired) electrons. The minimum atomic E-state index is -1.44. The summed E-state index contributed by atoms with van der Waals surface area (Å²) < 4.78 is 35.7. The number of amides is 1. The maximum absolute atomic E-state index is 15.1. The van der Waals surface area contributed by atoms with E-state index in [-0.39, 0.29) is 49.6 Å². The Kier molecular flexibility index (Phi) is 6.34. The van der Waals surface area contributed by atoms with Crippen LogP contribution in [0.4, 0.5) is 8.78 Å². The van der Waals surface area contributed by atoms with Crippen LogP contribution in [-0.4, -0.2) is 64.2 Å². The number of rotatable bonds is 4. The Hall–Kier alpha value is -3.23. The smallest absolute Gasteiger partial charge is 0.253 e. The van der Waals surface area contributed by atoms with Crippen molar-refractivity contribution in [1.82, 2.24) is 19.8 Å². The van der Waals surface area contributed by atoms with Crippen LogP contribution in [-0.2, 0) is 16.1 Å². The highest BCUT2D eigenvalue weighted by atomic mass is 19.1. The van der Waals surface area contributed by atoms with E-state index in [1.165, 1.54) is 11.0 Å². The van der Waals surface area contributed by atoms with Gasteiger partial charge in [0.1, 0.15) is 12.4 Å². The van der Waals surface area contributed by atoms with E-state index in [1.54, 1.807) is 17.3 Å². The summed E-state index contributed by atoms with van der Waals surface area (Å²) in [6, 6.07) is 11.1. The van der Waals surface area contributed by atoms with E-state index < -0.39 is 12.0 Å². The van der Waals surface area contributed by atoms with Gasteiger partial charge in [-0.15, -0.1) is 0 Å². The maximum Gasteiger partial charge on any atom is 0.253 e. The van der Waals surface area contributed by atoms with Crippen molar-refractivity contribution in [2.24, 2.45) is 0 Å². The van der Waals surface area contributed by atoms with Gasteiger partial charge in [-0.3, -0.25) is 19.7 Å². The molecule has 1 saturated carbocycles. The van der Waals surface area contributed by atoms with Crippen LogP contribution >= 0.6 is 0 Å². The Morgan fingerprint density at radius 1 is 1.15 bits per heavy atom. The maximum atomic E-state index is 15.1. The summed E-state index contributed by atoms with van der Waals surface area (Å²) in [5.74, 6) is -0.712. The van der Waals surface area contributed by atoms with Crippen LogP contribution < -0.4 is 0 Å². The highest BCUT2D eigenvalue weighted by Crippen LogP contribution is 2.32. The van der Waals surface area contributed by atoms with Crippen LogP contribution in [0.15, 0.2) is 61.1 Å². The first-order valence-corrected chi connectivity index (χ1v) is 11.4. The minimum absolute atomic E-state index is 0.00619. The molecule has 176 valence electrons. The van der Waals surface area contributed by atoms with Crippen LogP contribution in [0.2, 0.25) is 0 Å². The van der Waals surface area contributed by atoms with Gasteiger partial charge in [0.25, 0.3) is 5.91 Å². The fourth-order valence-electron chi connectivity index (χ4n) is 4.27. The first-order chi connectivity index (χ1) is 16.5. The third-order valence-electron chi connectivity index (χ3n) is 6.28. The fraction of sp³-hybridized carbons (Fsp3) is 0.346. The Morgan fingerprint density at radius 3 is 2.79 bits per heavy atom. The van der Waals surface area contributed by atoms with Crippen molar-refractivity contribution >= 4 is 16.8 Å². The molecule has 2 fully saturated rings. The summed E-state index contributed by atoms with van der Waals surface area (Å²) in [6.45, 7) is 4.43. The van der Waals surface area contributed by atoms with Gasteiger partial charge in [0.15, 0.2) is 6.17 Å². The Morgan fingerprint density at radius 2 is 2.00 bits per heavy atom. The molecule has 0 spiro atoms. The molecule has 3 heterocycles. The summed E-state index contributed by atoms with van der Waals surface area (Å²) in [5, 5.41) is 1.01. The molecule has 1 atom stereocenters. The molecular weight excluding hydrogens is 438 g/mol. The number of ether oxygens (including phenoxy) is 1. The zero-order valence-electron chi connectivity index (χ0n) is 18.8. The topological polar surface area (TPSA) is 58.6 Å². The summed E-state index contributed by atoms with van der Waals surface area (Å²) in [4.78, 5) is 24.3. The first-order valence-electron chi connectivity index (χ1n) is 11.4. The van der Waals surface area contributed by atoms with E-state index in [4.69, 9.17) is 4.74 Å². The number of hydrogen-bond acceptors (Lipinski definition) is 5. The molecule has 1 saturated heterocycles. The van der Waals surface area contributed by atoms with Crippen LogP contribution in [0, 0.1) is 5.82 Å². The Bertz CT molecular complexity index is 1230. The van der Waals surface area contributed by atoms with Crippen LogP contribution in [0.25, 0.3) is 22.0 Å². The van der Waals surface area contributed by atoms with Gasteiger partial charge < -0.3 is 9.64 Å². The number of aromatic nitrogens is 2. The van der Waals surface area contributed by atoms with Crippen molar-refractivity contribution in [1.29, 1.82) is 0 Å². The van der Waals surface area contributed by atoms with Crippen molar-refractivity contribution in [3.05, 3.63) is 72.6 Å². The van der Waals surface area contributed by atoms with Gasteiger partial charge in [0.2, 0.25) is 0 Å². The molecule has 2 aliphatic rings. The Balaban J connectivity index is 1.32. The molecule has 1 amide bonds.